The fourth-order valence-electron chi connectivity index (χ4n) is 4.53. The number of piperazine rings is 1. The van der Waals surface area contributed by atoms with E-state index in [9.17, 15) is 0 Å². The van der Waals surface area contributed by atoms with Crippen LogP contribution in [0.25, 0.3) is 0 Å². The summed E-state index contributed by atoms with van der Waals surface area (Å²) in [6, 6.07) is 23.7. The molecular formula is C25H24Cl2N2S. The zero-order chi connectivity index (χ0) is 20.5. The third-order valence-corrected chi connectivity index (χ3v) is 8.04. The molecule has 0 spiro atoms. The molecule has 1 fully saturated rings. The van der Waals surface area contributed by atoms with Crippen LogP contribution in [0.1, 0.15) is 22.7 Å². The lowest BCUT2D eigenvalue weighted by Crippen LogP contribution is -2.47. The van der Waals surface area contributed by atoms with E-state index in [1.54, 1.807) is 11.8 Å². The van der Waals surface area contributed by atoms with E-state index in [2.05, 4.69) is 64.4 Å². The second-order valence-corrected chi connectivity index (χ2v) is 9.93. The number of fused-ring (bicyclic) bond motifs is 2. The monoisotopic (exact) mass is 454 g/mol. The minimum absolute atomic E-state index is 0.324. The van der Waals surface area contributed by atoms with Gasteiger partial charge in [-0.3, -0.25) is 9.80 Å². The minimum atomic E-state index is 0.324. The van der Waals surface area contributed by atoms with Crippen molar-refractivity contribution < 1.29 is 0 Å². The van der Waals surface area contributed by atoms with Crippen molar-refractivity contribution in [2.75, 3.05) is 26.2 Å². The number of halogens is 2. The van der Waals surface area contributed by atoms with Crippen LogP contribution in [0.4, 0.5) is 0 Å². The predicted octanol–water partition coefficient (Wildman–Crippen LogP) is 6.56. The first-order valence-electron chi connectivity index (χ1n) is 10.4. The zero-order valence-electron chi connectivity index (χ0n) is 16.7. The summed E-state index contributed by atoms with van der Waals surface area (Å²) in [6.07, 6.45) is 0.967. The molecule has 3 aromatic carbocycles. The van der Waals surface area contributed by atoms with Gasteiger partial charge < -0.3 is 0 Å². The molecule has 0 N–H and O–H groups in total. The third kappa shape index (κ3) is 4.28. The lowest BCUT2D eigenvalue weighted by molar-refractivity contribution is 0.0902. The summed E-state index contributed by atoms with van der Waals surface area (Å²) in [5.74, 6) is 0. The Morgan fingerprint density at radius 3 is 2.47 bits per heavy atom. The Hall–Kier alpha value is -1.49. The van der Waals surface area contributed by atoms with E-state index in [-0.39, 0.29) is 0 Å². The number of benzene rings is 3. The molecule has 0 unspecified atom stereocenters. The van der Waals surface area contributed by atoms with Crippen LogP contribution >= 0.6 is 35.0 Å². The number of rotatable bonds is 3. The van der Waals surface area contributed by atoms with E-state index in [4.69, 9.17) is 23.2 Å². The molecule has 2 aliphatic heterocycles. The molecule has 2 aliphatic rings. The van der Waals surface area contributed by atoms with Gasteiger partial charge >= 0.3 is 0 Å². The third-order valence-electron chi connectivity index (χ3n) is 6.10. The summed E-state index contributed by atoms with van der Waals surface area (Å²) >= 11 is 14.8. The summed E-state index contributed by atoms with van der Waals surface area (Å²) in [7, 11) is 0. The Morgan fingerprint density at radius 1 is 0.867 bits per heavy atom. The van der Waals surface area contributed by atoms with Crippen LogP contribution in [-0.4, -0.2) is 36.0 Å². The van der Waals surface area contributed by atoms with Gasteiger partial charge in [-0.05, 0) is 47.4 Å². The molecule has 0 bridgehead atoms. The van der Waals surface area contributed by atoms with Crippen molar-refractivity contribution >= 4 is 35.0 Å². The molecule has 0 amide bonds. The smallest absolute Gasteiger partial charge is 0.0548 e. The van der Waals surface area contributed by atoms with Gasteiger partial charge in [-0.1, -0.05) is 77.4 Å². The minimum Gasteiger partial charge on any atom is -0.297 e. The van der Waals surface area contributed by atoms with Crippen LogP contribution in [0.15, 0.2) is 76.5 Å². The van der Waals surface area contributed by atoms with Crippen LogP contribution in [-0.2, 0) is 13.0 Å². The average molecular weight is 455 g/mol. The first kappa shape index (κ1) is 20.4. The van der Waals surface area contributed by atoms with E-state index in [1.165, 1.54) is 26.5 Å². The van der Waals surface area contributed by atoms with E-state index < -0.39 is 0 Å². The Balaban J connectivity index is 1.39. The van der Waals surface area contributed by atoms with Gasteiger partial charge in [0.15, 0.2) is 0 Å². The molecule has 1 atom stereocenters. The molecule has 5 heteroatoms. The van der Waals surface area contributed by atoms with Gasteiger partial charge in [0.25, 0.3) is 0 Å². The van der Waals surface area contributed by atoms with Crippen molar-refractivity contribution in [1.29, 1.82) is 0 Å². The van der Waals surface area contributed by atoms with Crippen molar-refractivity contribution in [3.05, 3.63) is 93.5 Å². The molecule has 0 saturated carbocycles. The van der Waals surface area contributed by atoms with Crippen molar-refractivity contribution in [2.45, 2.75) is 28.8 Å². The van der Waals surface area contributed by atoms with Gasteiger partial charge in [0.1, 0.15) is 0 Å². The molecule has 2 nitrogen and oxygen atoms in total. The summed E-state index contributed by atoms with van der Waals surface area (Å²) in [5.41, 5.74) is 4.05. The Kier molecular flexibility index (Phi) is 6.08. The molecule has 5 rings (SSSR count). The number of hydrogen-bond donors (Lipinski definition) is 0. The Bertz CT molecular complexity index is 1030. The summed E-state index contributed by atoms with van der Waals surface area (Å²) in [4.78, 5) is 7.64. The molecule has 3 aromatic rings. The lowest BCUT2D eigenvalue weighted by Gasteiger charge is -2.39. The van der Waals surface area contributed by atoms with Gasteiger partial charge in [0, 0.05) is 53.6 Å². The second kappa shape index (κ2) is 8.94. The second-order valence-electron chi connectivity index (χ2n) is 8.03. The Labute approximate surface area is 192 Å². The molecule has 30 heavy (non-hydrogen) atoms. The topological polar surface area (TPSA) is 6.48 Å². The van der Waals surface area contributed by atoms with E-state index in [1.807, 2.05) is 12.1 Å². The van der Waals surface area contributed by atoms with Gasteiger partial charge in [0.05, 0.1) is 5.02 Å². The number of nitrogens with zero attached hydrogens (tertiary/aromatic N) is 2. The summed E-state index contributed by atoms with van der Waals surface area (Å²) in [6.45, 7) is 5.30. The molecule has 154 valence electrons. The fraction of sp³-hybridized carbons (Fsp3) is 0.280. The van der Waals surface area contributed by atoms with Crippen LogP contribution in [0.5, 0.6) is 0 Å². The molecule has 0 radical (unpaired) electrons. The quantitative estimate of drug-likeness (QED) is 0.442. The standard InChI is InChI=1S/C25H24Cl2N2S/c26-20-9-10-24-19(15-20)16-23(21-7-4-8-22(27)25(21)30-24)29-13-11-28(12-14-29)17-18-5-2-1-3-6-18/h1-10,15,23H,11-14,16-17H2/t23-/m1/s1. The van der Waals surface area contributed by atoms with Crippen molar-refractivity contribution in [2.24, 2.45) is 0 Å². The van der Waals surface area contributed by atoms with Gasteiger partial charge in [-0.15, -0.1) is 0 Å². The van der Waals surface area contributed by atoms with Gasteiger partial charge in [-0.25, -0.2) is 0 Å². The van der Waals surface area contributed by atoms with Gasteiger partial charge in [-0.2, -0.15) is 0 Å². The molecule has 0 aliphatic carbocycles. The first-order chi connectivity index (χ1) is 14.7. The highest BCUT2D eigenvalue weighted by Crippen LogP contribution is 2.46. The SMILES string of the molecule is Clc1ccc2c(c1)C[C@@H](N1CCN(Cc3ccccc3)CC1)c1cccc(Cl)c1S2. The summed E-state index contributed by atoms with van der Waals surface area (Å²) < 4.78 is 0. The molecule has 0 aromatic heterocycles. The fourth-order valence-corrected chi connectivity index (χ4v) is 6.14. The van der Waals surface area contributed by atoms with E-state index in [0.717, 1.165) is 49.2 Å². The van der Waals surface area contributed by atoms with Crippen LogP contribution in [0.3, 0.4) is 0 Å². The van der Waals surface area contributed by atoms with Crippen molar-refractivity contribution in [1.82, 2.24) is 9.80 Å². The van der Waals surface area contributed by atoms with Crippen molar-refractivity contribution in [3.63, 3.8) is 0 Å². The Morgan fingerprint density at radius 2 is 1.67 bits per heavy atom. The normalized spacial score (nSPS) is 19.7. The highest BCUT2D eigenvalue weighted by molar-refractivity contribution is 7.99. The summed E-state index contributed by atoms with van der Waals surface area (Å²) in [5, 5.41) is 1.64. The maximum absolute atomic E-state index is 6.66. The largest absolute Gasteiger partial charge is 0.297 e. The maximum Gasteiger partial charge on any atom is 0.0548 e. The first-order valence-corrected chi connectivity index (χ1v) is 12.0. The molecule has 2 heterocycles. The van der Waals surface area contributed by atoms with E-state index in [0.29, 0.717) is 6.04 Å². The van der Waals surface area contributed by atoms with Crippen LogP contribution in [0.2, 0.25) is 10.0 Å². The predicted molar refractivity (Wildman–Crippen MR) is 127 cm³/mol. The van der Waals surface area contributed by atoms with E-state index >= 15 is 0 Å². The van der Waals surface area contributed by atoms with Crippen LogP contribution in [0, 0.1) is 0 Å². The zero-order valence-corrected chi connectivity index (χ0v) is 19.1. The number of hydrogen-bond acceptors (Lipinski definition) is 3. The molecular weight excluding hydrogens is 431 g/mol. The molecule has 1 saturated heterocycles. The van der Waals surface area contributed by atoms with Crippen LogP contribution < -0.4 is 0 Å². The van der Waals surface area contributed by atoms with Gasteiger partial charge in [0.2, 0.25) is 0 Å². The maximum atomic E-state index is 6.66. The highest BCUT2D eigenvalue weighted by atomic mass is 35.5. The lowest BCUT2D eigenvalue weighted by atomic mass is 9.96. The highest BCUT2D eigenvalue weighted by Gasteiger charge is 2.31. The van der Waals surface area contributed by atoms with Crippen molar-refractivity contribution in [3.8, 4) is 0 Å². The average Bonchev–Trinajstić information content (AvgIpc) is 2.93.